The first kappa shape index (κ1) is 17.0. The molecule has 0 aliphatic heterocycles. The van der Waals surface area contributed by atoms with Crippen LogP contribution < -0.4 is 5.32 Å². The van der Waals surface area contributed by atoms with E-state index in [1.807, 2.05) is 47.2 Å². The molecule has 8 heteroatoms. The maximum Gasteiger partial charge on any atom is 0.244 e. The lowest BCUT2D eigenvalue weighted by atomic mass is 10.0. The smallest absolute Gasteiger partial charge is 0.244 e. The van der Waals surface area contributed by atoms with E-state index in [4.69, 9.17) is 0 Å². The van der Waals surface area contributed by atoms with Crippen LogP contribution in [0, 0.1) is 0 Å². The topological polar surface area (TPSA) is 89.8 Å². The Hall–Kier alpha value is -2.87. The summed E-state index contributed by atoms with van der Waals surface area (Å²) in [6.07, 6.45) is 0.451. The molecule has 1 atom stereocenters. The first-order valence-corrected chi connectivity index (χ1v) is 8.70. The van der Waals surface area contributed by atoms with Crippen molar-refractivity contribution in [1.29, 1.82) is 0 Å². The summed E-state index contributed by atoms with van der Waals surface area (Å²) < 4.78 is 0. The van der Waals surface area contributed by atoms with Crippen molar-refractivity contribution in [3.63, 3.8) is 0 Å². The number of hydrogen-bond donors (Lipinski definition) is 1. The van der Waals surface area contributed by atoms with Crippen LogP contribution in [-0.2, 0) is 22.6 Å². The zero-order valence-electron chi connectivity index (χ0n) is 13.6. The van der Waals surface area contributed by atoms with Crippen LogP contribution in [0.3, 0.4) is 0 Å². The molecule has 1 amide bonds. The lowest BCUT2D eigenvalue weighted by molar-refractivity contribution is -0.127. The van der Waals surface area contributed by atoms with Gasteiger partial charge >= 0.3 is 0 Å². The normalized spacial score (nSPS) is 11.9. The minimum absolute atomic E-state index is 0.0876. The van der Waals surface area contributed by atoms with Gasteiger partial charge in [0.1, 0.15) is 6.54 Å². The zero-order valence-corrected chi connectivity index (χ0v) is 14.4. The Labute approximate surface area is 148 Å². The molecule has 0 unspecified atom stereocenters. The van der Waals surface area contributed by atoms with E-state index < -0.39 is 6.04 Å². The van der Waals surface area contributed by atoms with Gasteiger partial charge in [0.15, 0.2) is 5.78 Å². The van der Waals surface area contributed by atoms with Crippen molar-refractivity contribution in [2.75, 3.05) is 0 Å². The second-order valence-electron chi connectivity index (χ2n) is 5.58. The monoisotopic (exact) mass is 355 g/mol. The van der Waals surface area contributed by atoms with Crippen molar-refractivity contribution in [2.24, 2.45) is 0 Å². The molecule has 0 aliphatic carbocycles. The van der Waals surface area contributed by atoms with Crippen LogP contribution in [0.15, 0.2) is 47.2 Å². The number of ketones is 1. The van der Waals surface area contributed by atoms with E-state index >= 15 is 0 Å². The van der Waals surface area contributed by atoms with Gasteiger partial charge in [-0.3, -0.25) is 9.59 Å². The Balaban J connectivity index is 1.61. The number of Topliss-reactive ketones (excluding diaryl/α,β-unsaturated/α-hetero) is 1. The molecule has 0 radical (unpaired) electrons. The number of amides is 1. The molecular formula is C17H17N5O2S. The minimum Gasteiger partial charge on any atom is -0.344 e. The van der Waals surface area contributed by atoms with Gasteiger partial charge in [-0.05, 0) is 35.6 Å². The summed E-state index contributed by atoms with van der Waals surface area (Å²) in [5.74, 6) is 0.0505. The fourth-order valence-corrected chi connectivity index (χ4v) is 2.97. The molecule has 0 spiro atoms. The number of thiophene rings is 1. The summed E-state index contributed by atoms with van der Waals surface area (Å²) in [7, 11) is 0. The van der Waals surface area contributed by atoms with Crippen LogP contribution in [0.25, 0.3) is 11.4 Å². The average molecular weight is 355 g/mol. The highest BCUT2D eigenvalue weighted by Crippen LogP contribution is 2.16. The summed E-state index contributed by atoms with van der Waals surface area (Å²) in [4.78, 5) is 25.3. The van der Waals surface area contributed by atoms with Crippen LogP contribution >= 0.6 is 11.3 Å². The third kappa shape index (κ3) is 4.57. The van der Waals surface area contributed by atoms with E-state index in [1.54, 1.807) is 0 Å². The lowest BCUT2D eigenvalue weighted by Crippen LogP contribution is -2.43. The predicted octanol–water partition coefficient (Wildman–Crippen LogP) is 1.72. The SMILES string of the molecule is CC(=O)[C@@H](Cc1ccccc1)NC(=O)Cn1nnc(-c2ccsc2)n1. The van der Waals surface area contributed by atoms with Crippen molar-refractivity contribution in [2.45, 2.75) is 25.9 Å². The van der Waals surface area contributed by atoms with Gasteiger partial charge in [0, 0.05) is 10.9 Å². The molecule has 3 rings (SSSR count). The van der Waals surface area contributed by atoms with Crippen molar-refractivity contribution >= 4 is 23.0 Å². The fourth-order valence-electron chi connectivity index (χ4n) is 2.33. The number of nitrogens with zero attached hydrogens (tertiary/aromatic N) is 4. The fraction of sp³-hybridized carbons (Fsp3) is 0.235. The van der Waals surface area contributed by atoms with Crippen molar-refractivity contribution in [1.82, 2.24) is 25.5 Å². The first-order chi connectivity index (χ1) is 12.1. The molecule has 0 saturated heterocycles. The highest BCUT2D eigenvalue weighted by atomic mass is 32.1. The Morgan fingerprint density at radius 2 is 2.04 bits per heavy atom. The van der Waals surface area contributed by atoms with Gasteiger partial charge in [-0.25, -0.2) is 0 Å². The largest absolute Gasteiger partial charge is 0.344 e. The van der Waals surface area contributed by atoms with E-state index in [9.17, 15) is 9.59 Å². The molecule has 0 aliphatic rings. The molecule has 7 nitrogen and oxygen atoms in total. The van der Waals surface area contributed by atoms with Gasteiger partial charge in [0.25, 0.3) is 0 Å². The number of carbonyl (C=O) groups excluding carboxylic acids is 2. The van der Waals surface area contributed by atoms with E-state index in [2.05, 4.69) is 20.7 Å². The summed E-state index contributed by atoms with van der Waals surface area (Å²) in [5, 5.41) is 18.6. The molecule has 0 fully saturated rings. The van der Waals surface area contributed by atoms with Crippen LogP contribution in [0.5, 0.6) is 0 Å². The summed E-state index contributed by atoms with van der Waals surface area (Å²) in [6.45, 7) is 1.38. The molecular weight excluding hydrogens is 338 g/mol. The van der Waals surface area contributed by atoms with E-state index in [-0.39, 0.29) is 18.2 Å². The second kappa shape index (κ2) is 7.80. The number of hydrogen-bond acceptors (Lipinski definition) is 6. The Kier molecular flexibility index (Phi) is 5.30. The second-order valence-corrected chi connectivity index (χ2v) is 6.36. The molecule has 128 valence electrons. The van der Waals surface area contributed by atoms with Crippen molar-refractivity contribution in [3.8, 4) is 11.4 Å². The van der Waals surface area contributed by atoms with Gasteiger partial charge in [0.05, 0.1) is 6.04 Å². The van der Waals surface area contributed by atoms with E-state index in [0.717, 1.165) is 11.1 Å². The predicted molar refractivity (Wildman–Crippen MR) is 93.9 cm³/mol. The average Bonchev–Trinajstić information content (AvgIpc) is 3.26. The maximum atomic E-state index is 12.2. The van der Waals surface area contributed by atoms with E-state index in [0.29, 0.717) is 12.2 Å². The Bertz CT molecular complexity index is 845. The number of aromatic nitrogens is 4. The molecule has 2 aromatic heterocycles. The van der Waals surface area contributed by atoms with Gasteiger partial charge in [-0.1, -0.05) is 30.3 Å². The molecule has 2 heterocycles. The molecule has 1 aromatic carbocycles. The van der Waals surface area contributed by atoms with Gasteiger partial charge in [-0.15, -0.1) is 10.2 Å². The van der Waals surface area contributed by atoms with Crippen molar-refractivity contribution < 1.29 is 9.59 Å². The number of benzene rings is 1. The van der Waals surface area contributed by atoms with Crippen LogP contribution in [0.2, 0.25) is 0 Å². The van der Waals surface area contributed by atoms with Gasteiger partial charge in [0.2, 0.25) is 11.7 Å². The van der Waals surface area contributed by atoms with E-state index in [1.165, 1.54) is 23.1 Å². The highest BCUT2D eigenvalue weighted by Gasteiger charge is 2.18. The van der Waals surface area contributed by atoms with Gasteiger partial charge in [-0.2, -0.15) is 16.1 Å². The number of carbonyl (C=O) groups is 2. The quantitative estimate of drug-likeness (QED) is 0.697. The van der Waals surface area contributed by atoms with Crippen molar-refractivity contribution in [3.05, 3.63) is 52.7 Å². The standard InChI is InChI=1S/C17H17N5O2S/c1-12(23)15(9-13-5-3-2-4-6-13)18-16(24)10-22-20-17(19-21-22)14-7-8-25-11-14/h2-8,11,15H,9-10H2,1H3,(H,18,24)/t15-/m1/s1. The minimum atomic E-state index is -0.574. The van der Waals surface area contributed by atoms with Crippen LogP contribution in [0.4, 0.5) is 0 Å². The zero-order chi connectivity index (χ0) is 17.6. The van der Waals surface area contributed by atoms with Crippen LogP contribution in [0.1, 0.15) is 12.5 Å². The molecule has 25 heavy (non-hydrogen) atoms. The summed E-state index contributed by atoms with van der Waals surface area (Å²) in [6, 6.07) is 10.9. The number of nitrogens with one attached hydrogen (secondary N) is 1. The van der Waals surface area contributed by atoms with Crippen LogP contribution in [-0.4, -0.2) is 37.9 Å². The summed E-state index contributed by atoms with van der Waals surface area (Å²) >= 11 is 1.54. The third-order valence-electron chi connectivity index (χ3n) is 3.63. The molecule has 0 bridgehead atoms. The highest BCUT2D eigenvalue weighted by molar-refractivity contribution is 7.08. The lowest BCUT2D eigenvalue weighted by Gasteiger charge is -2.15. The summed E-state index contributed by atoms with van der Waals surface area (Å²) in [5.41, 5.74) is 1.85. The Morgan fingerprint density at radius 3 is 2.72 bits per heavy atom. The first-order valence-electron chi connectivity index (χ1n) is 7.76. The molecule has 1 N–H and O–H groups in total. The molecule has 3 aromatic rings. The third-order valence-corrected chi connectivity index (χ3v) is 4.31. The van der Waals surface area contributed by atoms with Gasteiger partial charge < -0.3 is 5.32 Å². The number of rotatable bonds is 7. The number of tetrazole rings is 1. The maximum absolute atomic E-state index is 12.2. The molecule has 0 saturated carbocycles. The Morgan fingerprint density at radius 1 is 1.24 bits per heavy atom.